The first-order valence-corrected chi connectivity index (χ1v) is 30.3. The van der Waals surface area contributed by atoms with Crippen LogP contribution in [0.3, 0.4) is 0 Å². The third-order valence-electron chi connectivity index (χ3n) is 13.1. The maximum Gasteiger partial charge on any atom is 0.268 e. The predicted octanol–water partition coefficient (Wildman–Crippen LogP) is 16.7. The largest absolute Gasteiger partial charge is 0.756 e. The van der Waals surface area contributed by atoms with Crippen LogP contribution in [-0.2, 0) is 18.4 Å². The monoisotopic (exact) mass is 965 g/mol. The van der Waals surface area contributed by atoms with Crippen molar-refractivity contribution in [2.45, 2.75) is 289 Å². The number of likely N-dealkylation sites (N-methyl/N-ethyl adjacent to an activating group) is 1. The number of unbranched alkanes of at least 4 members (excludes halogenated alkanes) is 34. The molecule has 0 aromatic carbocycles. The number of phosphoric ester groups is 1. The highest BCUT2D eigenvalue weighted by molar-refractivity contribution is 7.45. The van der Waals surface area contributed by atoms with E-state index in [0.717, 1.165) is 51.4 Å². The second kappa shape index (κ2) is 49.7. The highest BCUT2D eigenvalue weighted by Crippen LogP contribution is 2.38. The number of rotatable bonds is 53. The fraction of sp³-hybridized carbons (Fsp3) is 0.879. The third-order valence-corrected chi connectivity index (χ3v) is 14.1. The second-order valence-corrected chi connectivity index (χ2v) is 22.4. The maximum atomic E-state index is 13.0. The topological polar surface area (TPSA) is 108 Å². The van der Waals surface area contributed by atoms with E-state index in [1.807, 2.05) is 21.1 Å². The molecule has 0 fully saturated rings. The molecule has 0 spiro atoms. The third kappa shape index (κ3) is 52.4. The quantitative estimate of drug-likeness (QED) is 0.0272. The SMILES string of the molecule is CCCCCCC/C=C\C/C=C\C/C=C\CCCCCCCCCCCCCCCCC(=O)NC(COP(=O)([O-])OCC[N+](C)(C)C)C(O)CCCCCCCCCCCCCCCCCC. The zero-order valence-electron chi connectivity index (χ0n) is 45.1. The summed E-state index contributed by atoms with van der Waals surface area (Å²) in [5, 5.41) is 14.0. The lowest BCUT2D eigenvalue weighted by Crippen LogP contribution is -2.46. The van der Waals surface area contributed by atoms with Crippen molar-refractivity contribution in [2.75, 3.05) is 40.9 Å². The molecule has 0 bridgehead atoms. The number of phosphoric acid groups is 1. The summed E-state index contributed by atoms with van der Waals surface area (Å²) in [6.07, 6.45) is 63.1. The van der Waals surface area contributed by atoms with E-state index in [9.17, 15) is 19.4 Å². The smallest absolute Gasteiger partial charge is 0.268 e. The molecule has 8 nitrogen and oxygen atoms in total. The molecule has 67 heavy (non-hydrogen) atoms. The van der Waals surface area contributed by atoms with Crippen LogP contribution in [0.4, 0.5) is 0 Å². The zero-order valence-corrected chi connectivity index (χ0v) is 46.0. The van der Waals surface area contributed by atoms with Gasteiger partial charge in [0, 0.05) is 6.42 Å². The van der Waals surface area contributed by atoms with Gasteiger partial charge in [-0.15, -0.1) is 0 Å². The van der Waals surface area contributed by atoms with Crippen LogP contribution in [0.25, 0.3) is 0 Å². The highest BCUT2D eigenvalue weighted by atomic mass is 31.2. The highest BCUT2D eigenvalue weighted by Gasteiger charge is 2.24. The number of aliphatic hydroxyl groups excluding tert-OH is 1. The van der Waals surface area contributed by atoms with Crippen molar-refractivity contribution in [2.24, 2.45) is 0 Å². The molecule has 0 radical (unpaired) electrons. The molecule has 0 aromatic heterocycles. The molecule has 3 unspecified atom stereocenters. The molecule has 1 amide bonds. The first-order chi connectivity index (χ1) is 32.5. The Hall–Kier alpha value is -1.28. The summed E-state index contributed by atoms with van der Waals surface area (Å²) in [5.41, 5.74) is 0. The van der Waals surface area contributed by atoms with Crippen molar-refractivity contribution in [3.05, 3.63) is 36.5 Å². The zero-order chi connectivity index (χ0) is 49.2. The van der Waals surface area contributed by atoms with Gasteiger partial charge in [-0.3, -0.25) is 9.36 Å². The Morgan fingerprint density at radius 1 is 0.522 bits per heavy atom. The normalized spacial score (nSPS) is 14.2. The number of hydrogen-bond acceptors (Lipinski definition) is 6. The number of quaternary nitrogens is 1. The van der Waals surface area contributed by atoms with Gasteiger partial charge in [0.25, 0.3) is 7.82 Å². The standard InChI is InChI=1S/C58H113N2O6P/c1-6-8-10-12-14-16-18-20-22-24-25-26-27-28-29-30-31-32-33-34-35-36-38-40-42-44-46-48-50-52-58(62)59-56(55-66-67(63,64)65-54-53-60(3,4)5)57(61)51-49-47-45-43-41-39-37-23-21-19-17-15-13-11-9-7-2/h18,20,24-25,27-28,56-57,61H,6-17,19,21-23,26,29-55H2,1-5H3,(H-,59,62,63,64)/b20-18-,25-24-,28-27-. The molecule has 0 rings (SSSR count). The number of amides is 1. The van der Waals surface area contributed by atoms with E-state index in [-0.39, 0.29) is 19.1 Å². The lowest BCUT2D eigenvalue weighted by atomic mass is 10.0. The molecule has 0 aliphatic heterocycles. The van der Waals surface area contributed by atoms with Gasteiger partial charge in [-0.1, -0.05) is 256 Å². The summed E-state index contributed by atoms with van der Waals surface area (Å²) >= 11 is 0. The molecular weight excluding hydrogens is 852 g/mol. The van der Waals surface area contributed by atoms with E-state index in [2.05, 4.69) is 55.6 Å². The number of carbonyl (C=O) groups excluding carboxylic acids is 1. The van der Waals surface area contributed by atoms with Crippen LogP contribution in [0, 0.1) is 0 Å². The molecule has 0 aliphatic rings. The summed E-state index contributed by atoms with van der Waals surface area (Å²) in [5.74, 6) is -0.163. The lowest BCUT2D eigenvalue weighted by molar-refractivity contribution is -0.870. The summed E-state index contributed by atoms with van der Waals surface area (Å²) < 4.78 is 23.4. The molecule has 0 aliphatic carbocycles. The van der Waals surface area contributed by atoms with Crippen LogP contribution in [0.15, 0.2) is 36.5 Å². The Morgan fingerprint density at radius 2 is 0.866 bits per heavy atom. The van der Waals surface area contributed by atoms with Crippen LogP contribution >= 0.6 is 7.82 Å². The number of nitrogens with zero attached hydrogens (tertiary/aromatic N) is 1. The number of aliphatic hydroxyl groups is 1. The Labute approximate surface area is 417 Å². The van der Waals surface area contributed by atoms with Crippen LogP contribution < -0.4 is 10.2 Å². The summed E-state index contributed by atoms with van der Waals surface area (Å²) in [7, 11) is 1.31. The van der Waals surface area contributed by atoms with Crippen molar-refractivity contribution in [3.8, 4) is 0 Å². The molecule has 0 saturated heterocycles. The van der Waals surface area contributed by atoms with Gasteiger partial charge in [0.2, 0.25) is 5.91 Å². The molecule has 9 heteroatoms. The maximum absolute atomic E-state index is 13.0. The van der Waals surface area contributed by atoms with Crippen molar-refractivity contribution in [1.82, 2.24) is 5.32 Å². The molecule has 0 aromatic rings. The van der Waals surface area contributed by atoms with E-state index >= 15 is 0 Å². The average molecular weight is 966 g/mol. The van der Waals surface area contributed by atoms with Crippen molar-refractivity contribution in [3.63, 3.8) is 0 Å². The second-order valence-electron chi connectivity index (χ2n) is 21.0. The first kappa shape index (κ1) is 65.7. The fourth-order valence-electron chi connectivity index (χ4n) is 8.58. The van der Waals surface area contributed by atoms with Crippen LogP contribution in [-0.4, -0.2) is 68.5 Å². The van der Waals surface area contributed by atoms with Gasteiger partial charge >= 0.3 is 0 Å². The Bertz CT molecular complexity index is 1190. The number of allylic oxidation sites excluding steroid dienone is 6. The Kier molecular flexibility index (Phi) is 48.7. The van der Waals surface area contributed by atoms with Crippen LogP contribution in [0.2, 0.25) is 0 Å². The van der Waals surface area contributed by atoms with Gasteiger partial charge < -0.3 is 28.8 Å². The average Bonchev–Trinajstić information content (AvgIpc) is 3.29. The number of nitrogens with one attached hydrogen (secondary N) is 1. The minimum absolute atomic E-state index is 0.0128. The van der Waals surface area contributed by atoms with Gasteiger partial charge in [0.1, 0.15) is 13.2 Å². The molecule has 0 saturated carbocycles. The summed E-state index contributed by atoms with van der Waals surface area (Å²) in [6.45, 7) is 4.74. The molecule has 3 atom stereocenters. The number of hydrogen-bond donors (Lipinski definition) is 2. The molecule has 2 N–H and O–H groups in total. The molecule has 0 heterocycles. The Balaban J connectivity index is 4.10. The minimum Gasteiger partial charge on any atom is -0.756 e. The van der Waals surface area contributed by atoms with E-state index < -0.39 is 20.0 Å². The van der Waals surface area contributed by atoms with Crippen molar-refractivity contribution < 1.29 is 32.9 Å². The van der Waals surface area contributed by atoms with Crippen LogP contribution in [0.1, 0.15) is 277 Å². The van der Waals surface area contributed by atoms with Gasteiger partial charge in [0.15, 0.2) is 0 Å². The predicted molar refractivity (Wildman–Crippen MR) is 288 cm³/mol. The summed E-state index contributed by atoms with van der Waals surface area (Å²) in [4.78, 5) is 25.5. The molecular formula is C58H113N2O6P. The van der Waals surface area contributed by atoms with E-state index in [4.69, 9.17) is 9.05 Å². The first-order valence-electron chi connectivity index (χ1n) is 28.8. The van der Waals surface area contributed by atoms with Crippen LogP contribution in [0.5, 0.6) is 0 Å². The van der Waals surface area contributed by atoms with Gasteiger partial charge in [-0.05, 0) is 51.4 Å². The number of carbonyl (C=O) groups is 1. The fourth-order valence-corrected chi connectivity index (χ4v) is 9.30. The van der Waals surface area contributed by atoms with Gasteiger partial charge in [-0.25, -0.2) is 0 Å². The van der Waals surface area contributed by atoms with E-state index in [0.29, 0.717) is 23.9 Å². The molecule has 396 valence electrons. The Morgan fingerprint density at radius 3 is 1.25 bits per heavy atom. The van der Waals surface area contributed by atoms with Crippen molar-refractivity contribution in [1.29, 1.82) is 0 Å². The van der Waals surface area contributed by atoms with E-state index in [1.54, 1.807) is 0 Å². The van der Waals surface area contributed by atoms with Gasteiger partial charge in [0.05, 0.1) is 39.9 Å². The van der Waals surface area contributed by atoms with Gasteiger partial charge in [-0.2, -0.15) is 0 Å². The lowest BCUT2D eigenvalue weighted by Gasteiger charge is -2.30. The minimum atomic E-state index is -4.57. The van der Waals surface area contributed by atoms with E-state index in [1.165, 1.54) is 199 Å². The van der Waals surface area contributed by atoms with Crippen molar-refractivity contribution >= 4 is 13.7 Å². The summed E-state index contributed by atoms with van der Waals surface area (Å²) in [6, 6.07) is -0.800.